The average molecular weight is 355 g/mol. The molecule has 26 heavy (non-hydrogen) atoms. The van der Waals surface area contributed by atoms with Crippen LogP contribution in [0.4, 0.5) is 0 Å². The van der Waals surface area contributed by atoms with Crippen LogP contribution in [0, 0.1) is 0 Å². The fourth-order valence-corrected chi connectivity index (χ4v) is 3.40. The Hall–Kier alpha value is -3.02. The fraction of sp³-hybridized carbons (Fsp3) is 0.300. The maximum absolute atomic E-state index is 12.5. The molecular formula is C20H21NO5. The van der Waals surface area contributed by atoms with Crippen LogP contribution in [0.3, 0.4) is 0 Å². The molecule has 2 aromatic rings. The zero-order valence-corrected chi connectivity index (χ0v) is 14.7. The van der Waals surface area contributed by atoms with E-state index in [0.29, 0.717) is 11.5 Å². The zero-order chi connectivity index (χ0) is 18.7. The van der Waals surface area contributed by atoms with E-state index in [0.717, 1.165) is 16.7 Å². The van der Waals surface area contributed by atoms with Crippen LogP contribution in [0.25, 0.3) is 0 Å². The van der Waals surface area contributed by atoms with Crippen molar-refractivity contribution in [3.8, 4) is 11.5 Å². The molecular weight excluding hydrogens is 334 g/mol. The molecule has 1 aliphatic carbocycles. The summed E-state index contributed by atoms with van der Waals surface area (Å²) < 4.78 is 10.4. The van der Waals surface area contributed by atoms with Gasteiger partial charge in [0.2, 0.25) is 5.91 Å². The molecule has 136 valence electrons. The minimum Gasteiger partial charge on any atom is -0.493 e. The van der Waals surface area contributed by atoms with E-state index in [-0.39, 0.29) is 25.2 Å². The maximum atomic E-state index is 12.5. The molecule has 1 aliphatic rings. The number of carbonyl (C=O) groups is 2. The van der Waals surface area contributed by atoms with Gasteiger partial charge in [0.15, 0.2) is 11.5 Å². The van der Waals surface area contributed by atoms with E-state index in [2.05, 4.69) is 5.32 Å². The van der Waals surface area contributed by atoms with Crippen molar-refractivity contribution in [3.63, 3.8) is 0 Å². The second-order valence-electron chi connectivity index (χ2n) is 6.42. The SMILES string of the molecule is COc1ccc(CC(=O)NC2(C(=O)O)Cc3ccccc3C2)cc1OC. The van der Waals surface area contributed by atoms with E-state index >= 15 is 0 Å². The Morgan fingerprint density at radius 1 is 1.04 bits per heavy atom. The summed E-state index contributed by atoms with van der Waals surface area (Å²) in [5, 5.41) is 12.5. The predicted octanol–water partition coefficient (Wildman–Crippen LogP) is 1.98. The van der Waals surface area contributed by atoms with E-state index in [1.807, 2.05) is 24.3 Å². The van der Waals surface area contributed by atoms with Gasteiger partial charge in [-0.1, -0.05) is 30.3 Å². The highest BCUT2D eigenvalue weighted by Gasteiger charge is 2.45. The number of carboxylic acid groups (broad SMARTS) is 1. The highest BCUT2D eigenvalue weighted by molar-refractivity contribution is 5.89. The number of aliphatic carboxylic acids is 1. The highest BCUT2D eigenvalue weighted by atomic mass is 16.5. The van der Waals surface area contributed by atoms with Crippen molar-refractivity contribution in [3.05, 3.63) is 59.2 Å². The molecule has 0 bridgehead atoms. The Bertz CT molecular complexity index is 821. The zero-order valence-electron chi connectivity index (χ0n) is 14.7. The quantitative estimate of drug-likeness (QED) is 0.828. The number of carboxylic acids is 1. The Kier molecular flexibility index (Phi) is 4.84. The Balaban J connectivity index is 1.75. The van der Waals surface area contributed by atoms with Crippen LogP contribution < -0.4 is 14.8 Å². The number of fused-ring (bicyclic) bond motifs is 1. The van der Waals surface area contributed by atoms with Gasteiger partial charge in [-0.15, -0.1) is 0 Å². The summed E-state index contributed by atoms with van der Waals surface area (Å²) in [5.74, 6) is -0.259. The van der Waals surface area contributed by atoms with Crippen molar-refractivity contribution in [1.82, 2.24) is 5.32 Å². The third-order valence-corrected chi connectivity index (χ3v) is 4.70. The average Bonchev–Trinajstić information content (AvgIpc) is 3.00. The summed E-state index contributed by atoms with van der Waals surface area (Å²) in [5.41, 5.74) is 1.34. The number of methoxy groups -OCH3 is 2. The van der Waals surface area contributed by atoms with Gasteiger partial charge in [-0.3, -0.25) is 4.79 Å². The lowest BCUT2D eigenvalue weighted by atomic mass is 9.95. The lowest BCUT2D eigenvalue weighted by Crippen LogP contribution is -2.55. The molecule has 0 saturated heterocycles. The van der Waals surface area contributed by atoms with Crippen molar-refractivity contribution in [2.24, 2.45) is 0 Å². The molecule has 0 spiro atoms. The van der Waals surface area contributed by atoms with Gasteiger partial charge in [0.1, 0.15) is 5.54 Å². The number of amides is 1. The molecule has 0 fully saturated rings. The largest absolute Gasteiger partial charge is 0.493 e. The number of hydrogen-bond acceptors (Lipinski definition) is 4. The highest BCUT2D eigenvalue weighted by Crippen LogP contribution is 2.31. The number of hydrogen-bond donors (Lipinski definition) is 2. The molecule has 1 amide bonds. The summed E-state index contributed by atoms with van der Waals surface area (Å²) in [6.45, 7) is 0. The van der Waals surface area contributed by atoms with Gasteiger partial charge in [0.05, 0.1) is 20.6 Å². The normalized spacial score (nSPS) is 14.4. The number of nitrogens with one attached hydrogen (secondary N) is 1. The maximum Gasteiger partial charge on any atom is 0.330 e. The molecule has 2 aromatic carbocycles. The van der Waals surface area contributed by atoms with Crippen LogP contribution in [0.5, 0.6) is 11.5 Å². The summed E-state index contributed by atoms with van der Waals surface area (Å²) in [6.07, 6.45) is 0.637. The van der Waals surface area contributed by atoms with Crippen LogP contribution in [0.2, 0.25) is 0 Å². The molecule has 0 aromatic heterocycles. The van der Waals surface area contributed by atoms with E-state index in [1.54, 1.807) is 25.3 Å². The van der Waals surface area contributed by atoms with Crippen molar-refractivity contribution in [2.45, 2.75) is 24.8 Å². The molecule has 3 rings (SSSR count). The van der Waals surface area contributed by atoms with Crippen LogP contribution in [0.15, 0.2) is 42.5 Å². The Labute approximate surface area is 151 Å². The summed E-state index contributed by atoms with van der Waals surface area (Å²) in [4.78, 5) is 24.4. The molecule has 0 heterocycles. The topological polar surface area (TPSA) is 84.9 Å². The minimum atomic E-state index is -1.29. The Morgan fingerprint density at radius 3 is 2.19 bits per heavy atom. The Morgan fingerprint density at radius 2 is 1.65 bits per heavy atom. The first-order chi connectivity index (χ1) is 12.5. The molecule has 0 aliphatic heterocycles. The van der Waals surface area contributed by atoms with Gasteiger partial charge < -0.3 is 19.9 Å². The molecule has 0 unspecified atom stereocenters. The smallest absolute Gasteiger partial charge is 0.330 e. The van der Waals surface area contributed by atoms with Crippen molar-refractivity contribution >= 4 is 11.9 Å². The third kappa shape index (κ3) is 3.35. The lowest BCUT2D eigenvalue weighted by molar-refractivity contribution is -0.147. The molecule has 0 radical (unpaired) electrons. The van der Waals surface area contributed by atoms with Crippen molar-refractivity contribution in [2.75, 3.05) is 14.2 Å². The second-order valence-corrected chi connectivity index (χ2v) is 6.42. The predicted molar refractivity (Wildman–Crippen MR) is 95.6 cm³/mol. The van der Waals surface area contributed by atoms with Gasteiger partial charge >= 0.3 is 5.97 Å². The second kappa shape index (κ2) is 7.07. The number of rotatable bonds is 6. The standard InChI is InChI=1S/C20H21NO5/c1-25-16-8-7-13(9-17(16)26-2)10-18(22)21-20(19(23)24)11-14-5-3-4-6-15(14)12-20/h3-9H,10-12H2,1-2H3,(H,21,22)(H,23,24). The molecule has 0 atom stereocenters. The van der Waals surface area contributed by atoms with Gasteiger partial charge in [-0.25, -0.2) is 4.79 Å². The van der Waals surface area contributed by atoms with Crippen LogP contribution >= 0.6 is 0 Å². The number of carbonyl (C=O) groups excluding carboxylic acids is 1. The number of ether oxygens (including phenoxy) is 2. The van der Waals surface area contributed by atoms with E-state index in [4.69, 9.17) is 9.47 Å². The molecule has 6 heteroatoms. The van der Waals surface area contributed by atoms with Crippen LogP contribution in [0.1, 0.15) is 16.7 Å². The summed E-state index contributed by atoms with van der Waals surface area (Å²) in [7, 11) is 3.06. The van der Waals surface area contributed by atoms with E-state index in [1.165, 1.54) is 7.11 Å². The first kappa shape index (κ1) is 17.8. The minimum absolute atomic E-state index is 0.0612. The van der Waals surface area contributed by atoms with Gasteiger partial charge in [-0.05, 0) is 28.8 Å². The third-order valence-electron chi connectivity index (χ3n) is 4.70. The number of benzene rings is 2. The van der Waals surface area contributed by atoms with Gasteiger partial charge in [0.25, 0.3) is 0 Å². The van der Waals surface area contributed by atoms with Gasteiger partial charge in [-0.2, -0.15) is 0 Å². The molecule has 6 nitrogen and oxygen atoms in total. The van der Waals surface area contributed by atoms with Crippen molar-refractivity contribution in [1.29, 1.82) is 0 Å². The van der Waals surface area contributed by atoms with Crippen molar-refractivity contribution < 1.29 is 24.2 Å². The first-order valence-corrected chi connectivity index (χ1v) is 8.29. The summed E-state index contributed by atoms with van der Waals surface area (Å²) >= 11 is 0. The van der Waals surface area contributed by atoms with E-state index < -0.39 is 11.5 Å². The lowest BCUT2D eigenvalue weighted by Gasteiger charge is -2.25. The molecule has 2 N–H and O–H groups in total. The van der Waals surface area contributed by atoms with Crippen LogP contribution in [-0.4, -0.2) is 36.7 Å². The first-order valence-electron chi connectivity index (χ1n) is 8.29. The molecule has 0 saturated carbocycles. The summed E-state index contributed by atoms with van der Waals surface area (Å²) in [6, 6.07) is 12.8. The fourth-order valence-electron chi connectivity index (χ4n) is 3.40. The van der Waals surface area contributed by atoms with Gasteiger partial charge in [0, 0.05) is 12.8 Å². The monoisotopic (exact) mass is 355 g/mol. The van der Waals surface area contributed by atoms with E-state index in [9.17, 15) is 14.7 Å². The van der Waals surface area contributed by atoms with Crippen LogP contribution in [-0.2, 0) is 28.9 Å².